The highest BCUT2D eigenvalue weighted by Gasteiger charge is 2.38. The van der Waals surface area contributed by atoms with Crippen molar-refractivity contribution in [3.63, 3.8) is 0 Å². The summed E-state index contributed by atoms with van der Waals surface area (Å²) in [5.74, 6) is -2.37. The number of rotatable bonds is 17. The lowest BCUT2D eigenvalue weighted by molar-refractivity contribution is 0.0514. The number of carbonyl (C=O) groups excluding carboxylic acids is 2. The molecule has 18 heteroatoms. The van der Waals surface area contributed by atoms with Gasteiger partial charge in [0.15, 0.2) is 16.6 Å². The molecule has 0 unspecified atom stereocenters. The molecule has 0 aliphatic rings. The molecule has 0 atom stereocenters. The van der Waals surface area contributed by atoms with Gasteiger partial charge < -0.3 is 38.1 Å². The number of halogens is 4. The third-order valence-electron chi connectivity index (χ3n) is 14.0. The number of aromatic nitrogens is 2. The number of anilines is 2. The van der Waals surface area contributed by atoms with E-state index in [2.05, 4.69) is 67.7 Å². The average molecular weight is 1090 g/mol. The van der Waals surface area contributed by atoms with Crippen LogP contribution in [-0.2, 0) is 44.3 Å². The van der Waals surface area contributed by atoms with Crippen LogP contribution in [-0.4, -0.2) is 78.2 Å². The Balaban J connectivity index is 0.000000274. The molecule has 0 aliphatic carbocycles. The van der Waals surface area contributed by atoms with Crippen LogP contribution in [0.2, 0.25) is 46.3 Å². The van der Waals surface area contributed by atoms with Crippen molar-refractivity contribution in [2.24, 2.45) is 0 Å². The lowest BCUT2D eigenvalue weighted by Crippen LogP contribution is -2.41. The third-order valence-corrected chi connectivity index (χ3v) is 23.7. The largest absolute Gasteiger partial charge is 0.462 e. The van der Waals surface area contributed by atoms with Crippen molar-refractivity contribution < 1.29 is 36.7 Å². The lowest BCUT2D eigenvalue weighted by atomic mass is 9.99. The fourth-order valence-electron chi connectivity index (χ4n) is 7.86. The van der Waals surface area contributed by atoms with E-state index in [0.29, 0.717) is 65.1 Å². The Morgan fingerprint density at radius 3 is 1.43 bits per heavy atom. The van der Waals surface area contributed by atoms with Crippen LogP contribution in [0.4, 0.5) is 20.2 Å². The van der Waals surface area contributed by atoms with Gasteiger partial charge in [0, 0.05) is 63.2 Å². The molecule has 400 valence electrons. The molecular formula is C56H72Cl2F2N4O8Si2. The van der Waals surface area contributed by atoms with E-state index < -0.39 is 51.1 Å². The minimum atomic E-state index is -2.01. The van der Waals surface area contributed by atoms with E-state index in [9.17, 15) is 28.0 Å². The SMILES string of the molecule is CCOC(=O)c1cn(CCO[Si](C)(C)C(C)(C)C)c2c(N(C)C)cc(Cc3cccc(Cl)c3F)cc2c1=O.CCOC(=O)c1cn(CCO[Si](C)(C)C(C)(C)C)c2c(N)cc(Cc3cccc(Cl)c3F)cc2c1=O. The Kier molecular flexibility index (Phi) is 19.4. The van der Waals surface area contributed by atoms with Crippen LogP contribution < -0.4 is 21.5 Å². The van der Waals surface area contributed by atoms with Crippen LogP contribution in [0, 0.1) is 11.6 Å². The first kappa shape index (κ1) is 59.5. The summed E-state index contributed by atoms with van der Waals surface area (Å²) in [6.07, 6.45) is 3.48. The van der Waals surface area contributed by atoms with E-state index in [-0.39, 0.29) is 62.7 Å². The fraction of sp³-hybridized carbons (Fsp3) is 0.429. The van der Waals surface area contributed by atoms with Gasteiger partial charge in [-0.2, -0.15) is 0 Å². The maximum atomic E-state index is 14.7. The molecule has 6 aromatic rings. The second kappa shape index (κ2) is 24.1. The first-order valence-corrected chi connectivity index (χ1v) is 31.3. The first-order valence-electron chi connectivity index (χ1n) is 24.7. The van der Waals surface area contributed by atoms with E-state index in [4.69, 9.17) is 47.3 Å². The second-order valence-corrected chi connectivity index (χ2v) is 32.0. The number of ether oxygens (including phenoxy) is 2. The molecule has 0 saturated carbocycles. The van der Waals surface area contributed by atoms with Gasteiger partial charge in [-0.05, 0) is 109 Å². The Morgan fingerprint density at radius 1 is 0.649 bits per heavy atom. The lowest BCUT2D eigenvalue weighted by Gasteiger charge is -2.36. The number of pyridine rings is 2. The smallest absolute Gasteiger partial charge is 0.343 e. The monoisotopic (exact) mass is 1090 g/mol. The molecular weight excluding hydrogens is 1020 g/mol. The molecule has 4 aromatic carbocycles. The van der Waals surface area contributed by atoms with Gasteiger partial charge in [0.1, 0.15) is 22.8 Å². The number of carbonyl (C=O) groups is 2. The highest BCUT2D eigenvalue weighted by molar-refractivity contribution is 6.74. The summed E-state index contributed by atoms with van der Waals surface area (Å²) in [7, 11) is -0.237. The van der Waals surface area contributed by atoms with Crippen LogP contribution in [0.3, 0.4) is 0 Å². The van der Waals surface area contributed by atoms with Crippen LogP contribution in [0.1, 0.15) is 98.4 Å². The molecule has 0 amide bonds. The molecule has 6 rings (SSSR count). The number of benzene rings is 4. The van der Waals surface area contributed by atoms with Crippen LogP contribution in [0.5, 0.6) is 0 Å². The Morgan fingerprint density at radius 2 is 1.04 bits per heavy atom. The van der Waals surface area contributed by atoms with Crippen molar-refractivity contribution >= 4 is 85.0 Å². The number of nitrogens with two attached hydrogens (primary N) is 1. The van der Waals surface area contributed by atoms with Gasteiger partial charge in [-0.15, -0.1) is 0 Å². The predicted molar refractivity (Wildman–Crippen MR) is 302 cm³/mol. The zero-order valence-corrected chi connectivity index (χ0v) is 48.8. The Hall–Kier alpha value is -5.37. The molecule has 0 spiro atoms. The zero-order chi connectivity index (χ0) is 55.2. The standard InChI is InChI=1S/C29H38ClFN2O4Si.C27H34ClFN2O4Si/c1-9-36-28(35)22-18-33(13-14-37-38(7,8)29(2,3)4)26-21(27(22)34)16-19(17-24(26)32(5)6)15-20-11-10-12-23(30)25(20)31;1-7-34-26(33)20-16-31(11-12-35-36(5,6)27(2,3)4)24-19(25(20)32)14-17(15-22(24)30)13-18-9-8-10-21(28)23(18)29/h10-12,16-18H,9,13-15H2,1-8H3;8-10,14-16H,7,11-13,30H2,1-6H3. The minimum Gasteiger partial charge on any atom is -0.462 e. The Bertz CT molecular complexity index is 3160. The number of hydrogen-bond acceptors (Lipinski definition) is 10. The summed E-state index contributed by atoms with van der Waals surface area (Å²) in [5, 5.41) is 0.795. The maximum Gasteiger partial charge on any atom is 0.343 e. The van der Waals surface area contributed by atoms with E-state index in [0.717, 1.165) is 11.3 Å². The minimum absolute atomic E-state index is 0.0231. The quantitative estimate of drug-likeness (QED) is 0.0532. The average Bonchev–Trinajstić information content (AvgIpc) is 3.30. The van der Waals surface area contributed by atoms with E-state index >= 15 is 0 Å². The van der Waals surface area contributed by atoms with Crippen molar-refractivity contribution in [2.75, 3.05) is 51.2 Å². The second-order valence-electron chi connectivity index (χ2n) is 21.6. The molecule has 0 fully saturated rings. The van der Waals surface area contributed by atoms with Gasteiger partial charge in [0.2, 0.25) is 10.9 Å². The van der Waals surface area contributed by atoms with Gasteiger partial charge in [0.25, 0.3) is 0 Å². The molecule has 2 aromatic heterocycles. The summed E-state index contributed by atoms with van der Waals surface area (Å²) < 4.78 is 55.9. The van der Waals surface area contributed by atoms with Gasteiger partial charge in [-0.25, -0.2) is 18.4 Å². The number of hydrogen-bond donors (Lipinski definition) is 1. The molecule has 0 saturated heterocycles. The molecule has 2 N–H and O–H groups in total. The zero-order valence-electron chi connectivity index (χ0n) is 45.3. The summed E-state index contributed by atoms with van der Waals surface area (Å²) >= 11 is 11.9. The van der Waals surface area contributed by atoms with Gasteiger partial charge >= 0.3 is 11.9 Å². The molecule has 12 nitrogen and oxygen atoms in total. The van der Waals surface area contributed by atoms with Crippen LogP contribution in [0.25, 0.3) is 21.8 Å². The fourth-order valence-corrected chi connectivity index (χ4v) is 10.3. The van der Waals surface area contributed by atoms with E-state index in [1.165, 1.54) is 18.3 Å². The maximum absolute atomic E-state index is 14.7. The summed E-state index contributed by atoms with van der Waals surface area (Å²) in [5.41, 5.74) is 9.88. The molecule has 74 heavy (non-hydrogen) atoms. The van der Waals surface area contributed by atoms with Crippen molar-refractivity contribution in [1.29, 1.82) is 0 Å². The number of nitrogens with zero attached hydrogens (tertiary/aromatic N) is 3. The van der Waals surface area contributed by atoms with Crippen molar-refractivity contribution in [1.82, 2.24) is 9.13 Å². The van der Waals surface area contributed by atoms with Crippen molar-refractivity contribution in [3.05, 3.63) is 149 Å². The topological polar surface area (TPSA) is 144 Å². The van der Waals surface area contributed by atoms with Crippen molar-refractivity contribution in [3.8, 4) is 0 Å². The third kappa shape index (κ3) is 13.7. The summed E-state index contributed by atoms with van der Waals surface area (Å²) in [6.45, 7) is 27.1. The number of esters is 2. The predicted octanol–water partition coefficient (Wildman–Crippen LogP) is 12.8. The highest BCUT2D eigenvalue weighted by atomic mass is 35.5. The van der Waals surface area contributed by atoms with Crippen molar-refractivity contribution in [2.45, 2.75) is 118 Å². The highest BCUT2D eigenvalue weighted by Crippen LogP contribution is 2.38. The van der Waals surface area contributed by atoms with Crippen LogP contribution >= 0.6 is 23.2 Å². The summed E-state index contributed by atoms with van der Waals surface area (Å²) in [4.78, 5) is 54.3. The van der Waals surface area contributed by atoms with E-state index in [1.54, 1.807) is 67.1 Å². The van der Waals surface area contributed by atoms with Crippen LogP contribution in [0.15, 0.2) is 82.6 Å². The normalized spacial score (nSPS) is 12.2. The number of nitrogen functional groups attached to an aromatic ring is 1. The molecule has 0 aliphatic heterocycles. The Labute approximate surface area is 445 Å². The van der Waals surface area contributed by atoms with Gasteiger partial charge in [-0.1, -0.05) is 89.0 Å². The summed E-state index contributed by atoms with van der Waals surface area (Å²) in [6, 6.07) is 16.7. The molecule has 0 bridgehead atoms. The number of fused-ring (bicyclic) bond motifs is 2. The first-order chi connectivity index (χ1) is 34.4. The van der Waals surface area contributed by atoms with E-state index in [1.807, 2.05) is 29.6 Å². The van der Waals surface area contributed by atoms with Gasteiger partial charge in [-0.3, -0.25) is 9.59 Å². The van der Waals surface area contributed by atoms with Gasteiger partial charge in [0.05, 0.1) is 58.9 Å². The molecule has 0 radical (unpaired) electrons. The molecule has 2 heterocycles.